The summed E-state index contributed by atoms with van der Waals surface area (Å²) in [4.78, 5) is 0. The minimum Gasteiger partial charge on any atom is -0.373 e. The fourth-order valence-electron chi connectivity index (χ4n) is 1.41. The third-order valence-electron chi connectivity index (χ3n) is 2.31. The first-order chi connectivity index (χ1) is 8.42. The molecule has 18 heavy (non-hydrogen) atoms. The molecule has 0 heterocycles. The van der Waals surface area contributed by atoms with Crippen LogP contribution in [0.4, 0.5) is 13.2 Å². The zero-order valence-electron chi connectivity index (χ0n) is 9.51. The Kier molecular flexibility index (Phi) is 6.66. The van der Waals surface area contributed by atoms with E-state index in [4.69, 9.17) is 4.74 Å². The van der Waals surface area contributed by atoms with Crippen LogP contribution in [0.2, 0.25) is 0 Å². The van der Waals surface area contributed by atoms with Crippen LogP contribution in [-0.4, -0.2) is 18.1 Å². The molecule has 0 saturated heterocycles. The van der Waals surface area contributed by atoms with Crippen molar-refractivity contribution in [2.75, 3.05) is 11.9 Å². The van der Waals surface area contributed by atoms with Crippen LogP contribution in [0.25, 0.3) is 0 Å². The zero-order chi connectivity index (χ0) is 13.6. The summed E-state index contributed by atoms with van der Waals surface area (Å²) >= 11 is 6.63. The summed E-state index contributed by atoms with van der Waals surface area (Å²) < 4.78 is 42.3. The van der Waals surface area contributed by atoms with Gasteiger partial charge in [-0.1, -0.05) is 44.0 Å². The maximum Gasteiger partial charge on any atom is 0.389 e. The molecule has 0 saturated carbocycles. The number of alkyl halides is 4. The second-order valence-corrected chi connectivity index (χ2v) is 5.35. The quantitative estimate of drug-likeness (QED) is 0.477. The van der Waals surface area contributed by atoms with E-state index in [1.807, 2.05) is 24.3 Å². The lowest BCUT2D eigenvalue weighted by atomic mass is 10.1. The Hall–Kier alpha value is -0.0700. The summed E-state index contributed by atoms with van der Waals surface area (Å²) in [5, 5.41) is 0.556. The molecule has 6 heteroatoms. The van der Waals surface area contributed by atoms with Crippen molar-refractivity contribution in [1.82, 2.24) is 0 Å². The Morgan fingerprint density at radius 3 is 2.28 bits per heavy atom. The Balaban J connectivity index is 2.40. The van der Waals surface area contributed by atoms with Gasteiger partial charge in [0.1, 0.15) is 0 Å². The standard InChI is InChI=1S/C12H13Br2F3O/c13-8-11(9-2-4-10(14)5-3-9)18-7-1-6-12(15,16)17/h2-5,11H,1,6-8H2. The highest BCUT2D eigenvalue weighted by Gasteiger charge is 2.26. The van der Waals surface area contributed by atoms with E-state index in [0.717, 1.165) is 10.0 Å². The van der Waals surface area contributed by atoms with Gasteiger partial charge in [0.05, 0.1) is 6.10 Å². The Morgan fingerprint density at radius 1 is 1.17 bits per heavy atom. The maximum atomic E-state index is 12.0. The molecular weight excluding hydrogens is 377 g/mol. The van der Waals surface area contributed by atoms with E-state index >= 15 is 0 Å². The van der Waals surface area contributed by atoms with E-state index in [1.54, 1.807) is 0 Å². The molecule has 0 amide bonds. The summed E-state index contributed by atoms with van der Waals surface area (Å²) in [6, 6.07) is 7.54. The van der Waals surface area contributed by atoms with Crippen molar-refractivity contribution < 1.29 is 17.9 Å². The zero-order valence-corrected chi connectivity index (χ0v) is 12.7. The molecule has 1 aromatic carbocycles. The SMILES string of the molecule is FC(F)(F)CCCOC(CBr)c1ccc(Br)cc1. The molecule has 0 aliphatic carbocycles. The normalized spacial score (nSPS) is 13.6. The maximum absolute atomic E-state index is 12.0. The van der Waals surface area contributed by atoms with Gasteiger partial charge in [-0.05, 0) is 24.1 Å². The predicted octanol–water partition coefficient (Wildman–Crippen LogP) is 5.24. The van der Waals surface area contributed by atoms with E-state index in [9.17, 15) is 13.2 Å². The molecule has 0 aliphatic rings. The van der Waals surface area contributed by atoms with Gasteiger partial charge in [0.25, 0.3) is 0 Å². The Bertz CT molecular complexity index is 351. The van der Waals surface area contributed by atoms with Crippen LogP contribution < -0.4 is 0 Å². The number of benzene rings is 1. The predicted molar refractivity (Wildman–Crippen MR) is 71.9 cm³/mol. The van der Waals surface area contributed by atoms with Gasteiger partial charge in [0, 0.05) is 22.8 Å². The number of hydrogen-bond donors (Lipinski definition) is 0. The van der Waals surface area contributed by atoms with Crippen LogP contribution in [0.15, 0.2) is 28.7 Å². The van der Waals surface area contributed by atoms with Gasteiger partial charge in [-0.25, -0.2) is 0 Å². The molecule has 1 nitrogen and oxygen atoms in total. The highest BCUT2D eigenvalue weighted by Crippen LogP contribution is 2.24. The number of rotatable bonds is 6. The average Bonchev–Trinajstić information content (AvgIpc) is 2.29. The third-order valence-corrected chi connectivity index (χ3v) is 3.42. The summed E-state index contributed by atoms with van der Waals surface area (Å²) in [7, 11) is 0. The Labute approximate surface area is 121 Å². The van der Waals surface area contributed by atoms with Crippen LogP contribution in [-0.2, 0) is 4.74 Å². The molecular formula is C12H13Br2F3O. The van der Waals surface area contributed by atoms with Crippen molar-refractivity contribution >= 4 is 31.9 Å². The van der Waals surface area contributed by atoms with E-state index in [1.165, 1.54) is 0 Å². The first kappa shape index (κ1) is 16.0. The van der Waals surface area contributed by atoms with Crippen LogP contribution in [0.3, 0.4) is 0 Å². The van der Waals surface area contributed by atoms with Crippen molar-refractivity contribution in [2.45, 2.75) is 25.1 Å². The molecule has 0 bridgehead atoms. The molecule has 0 fully saturated rings. The Morgan fingerprint density at radius 2 is 1.78 bits per heavy atom. The van der Waals surface area contributed by atoms with Gasteiger partial charge in [-0.2, -0.15) is 13.2 Å². The molecule has 0 N–H and O–H groups in total. The summed E-state index contributed by atoms with van der Waals surface area (Å²) in [5.74, 6) is 0. The monoisotopic (exact) mass is 388 g/mol. The van der Waals surface area contributed by atoms with Crippen molar-refractivity contribution in [2.24, 2.45) is 0 Å². The van der Waals surface area contributed by atoms with Gasteiger partial charge in [-0.15, -0.1) is 0 Å². The molecule has 1 aromatic rings. The topological polar surface area (TPSA) is 9.23 Å². The van der Waals surface area contributed by atoms with Gasteiger partial charge >= 0.3 is 6.18 Å². The van der Waals surface area contributed by atoms with E-state index in [2.05, 4.69) is 31.9 Å². The van der Waals surface area contributed by atoms with Gasteiger partial charge in [0.2, 0.25) is 0 Å². The molecule has 0 spiro atoms. The minimum atomic E-state index is -4.11. The highest BCUT2D eigenvalue weighted by molar-refractivity contribution is 9.10. The van der Waals surface area contributed by atoms with E-state index < -0.39 is 12.6 Å². The van der Waals surface area contributed by atoms with Crippen LogP contribution in [0.1, 0.15) is 24.5 Å². The smallest absolute Gasteiger partial charge is 0.373 e. The first-order valence-corrected chi connectivity index (χ1v) is 7.33. The first-order valence-electron chi connectivity index (χ1n) is 5.42. The van der Waals surface area contributed by atoms with Crippen LogP contribution in [0.5, 0.6) is 0 Å². The van der Waals surface area contributed by atoms with Crippen LogP contribution in [0, 0.1) is 0 Å². The molecule has 102 valence electrons. The number of halogens is 5. The van der Waals surface area contributed by atoms with Gasteiger partial charge in [-0.3, -0.25) is 0 Å². The van der Waals surface area contributed by atoms with Crippen molar-refractivity contribution in [3.05, 3.63) is 34.3 Å². The van der Waals surface area contributed by atoms with Crippen molar-refractivity contribution in [3.63, 3.8) is 0 Å². The van der Waals surface area contributed by atoms with Crippen LogP contribution >= 0.6 is 31.9 Å². The minimum absolute atomic E-state index is 0.0104. The lowest BCUT2D eigenvalue weighted by molar-refractivity contribution is -0.138. The number of hydrogen-bond acceptors (Lipinski definition) is 1. The average molecular weight is 390 g/mol. The fraction of sp³-hybridized carbons (Fsp3) is 0.500. The highest BCUT2D eigenvalue weighted by atomic mass is 79.9. The summed E-state index contributed by atoms with van der Waals surface area (Å²) in [6.07, 6.45) is -5.14. The lowest BCUT2D eigenvalue weighted by Gasteiger charge is -2.16. The van der Waals surface area contributed by atoms with Gasteiger partial charge < -0.3 is 4.74 Å². The van der Waals surface area contributed by atoms with Crippen molar-refractivity contribution in [1.29, 1.82) is 0 Å². The van der Waals surface area contributed by atoms with Crippen molar-refractivity contribution in [3.8, 4) is 0 Å². The molecule has 1 unspecified atom stereocenters. The second-order valence-electron chi connectivity index (χ2n) is 3.78. The molecule has 1 atom stereocenters. The summed E-state index contributed by atoms with van der Waals surface area (Å²) in [6.45, 7) is 0.103. The summed E-state index contributed by atoms with van der Waals surface area (Å²) in [5.41, 5.74) is 0.946. The lowest BCUT2D eigenvalue weighted by Crippen LogP contribution is -2.11. The molecule has 0 radical (unpaired) electrons. The largest absolute Gasteiger partial charge is 0.389 e. The van der Waals surface area contributed by atoms with E-state index in [-0.39, 0.29) is 19.1 Å². The van der Waals surface area contributed by atoms with Gasteiger partial charge in [0.15, 0.2) is 0 Å². The fourth-order valence-corrected chi connectivity index (χ4v) is 2.23. The molecule has 1 rings (SSSR count). The number of ether oxygens (including phenoxy) is 1. The third kappa shape index (κ3) is 6.20. The molecule has 0 aromatic heterocycles. The second kappa shape index (κ2) is 7.50. The van der Waals surface area contributed by atoms with E-state index in [0.29, 0.717) is 5.33 Å². The molecule has 0 aliphatic heterocycles.